The second-order valence-corrected chi connectivity index (χ2v) is 5.58. The van der Waals surface area contributed by atoms with E-state index in [-0.39, 0.29) is 6.10 Å². The molecule has 0 spiro atoms. The first-order valence-electron chi connectivity index (χ1n) is 6.76. The Morgan fingerprint density at radius 2 is 1.68 bits per heavy atom. The van der Waals surface area contributed by atoms with Crippen molar-refractivity contribution in [3.05, 3.63) is 59.6 Å². The lowest BCUT2D eigenvalue weighted by Crippen LogP contribution is -2.42. The molecule has 0 radical (unpaired) electrons. The monoisotopic (exact) mass is 338 g/mol. The van der Waals surface area contributed by atoms with Crippen LogP contribution in [0.4, 0.5) is 16.2 Å². The van der Waals surface area contributed by atoms with E-state index in [1.54, 1.807) is 50.2 Å². The molecule has 0 N–H and O–H groups in total. The van der Waals surface area contributed by atoms with E-state index < -0.39 is 6.09 Å². The fourth-order valence-corrected chi connectivity index (χ4v) is 2.25. The van der Waals surface area contributed by atoms with Crippen molar-refractivity contribution >= 4 is 40.8 Å². The first-order valence-corrected chi connectivity index (χ1v) is 7.48. The molecule has 0 saturated heterocycles. The Kier molecular flexibility index (Phi) is 5.52. The predicted octanol–water partition coefficient (Wildman–Crippen LogP) is 5.27. The third-order valence-electron chi connectivity index (χ3n) is 2.71. The Morgan fingerprint density at radius 1 is 1.05 bits per heavy atom. The van der Waals surface area contributed by atoms with E-state index in [1.807, 2.05) is 18.2 Å². The van der Waals surface area contributed by atoms with Gasteiger partial charge in [0.15, 0.2) is 0 Å². The first-order chi connectivity index (χ1) is 10.5. The molecule has 0 aliphatic heterocycles. The van der Waals surface area contributed by atoms with Gasteiger partial charge in [-0.3, -0.25) is 0 Å². The summed E-state index contributed by atoms with van der Waals surface area (Å²) < 4.78 is 6.47. The molecule has 0 unspecified atom stereocenters. The Balaban J connectivity index is 2.39. The lowest BCUT2D eigenvalue weighted by Gasteiger charge is -2.30. The lowest BCUT2D eigenvalue weighted by atomic mass is 10.3. The number of hydrogen-bond donors (Lipinski definition) is 0. The number of para-hydroxylation sites is 1. The molecule has 0 aliphatic rings. The van der Waals surface area contributed by atoms with Crippen LogP contribution in [-0.4, -0.2) is 12.2 Å². The summed E-state index contributed by atoms with van der Waals surface area (Å²) in [6.07, 6.45) is -0.855. The quantitative estimate of drug-likeness (QED) is 0.562. The van der Waals surface area contributed by atoms with Gasteiger partial charge < -0.3 is 4.74 Å². The van der Waals surface area contributed by atoms with Gasteiger partial charge in [0.05, 0.1) is 17.5 Å². The molecular weight excluding hydrogens is 323 g/mol. The molecular formula is C16H16Cl2N2O2. The second-order valence-electron chi connectivity index (χ2n) is 4.82. The van der Waals surface area contributed by atoms with Gasteiger partial charge in [-0.1, -0.05) is 35.9 Å². The topological polar surface area (TPSA) is 32.8 Å². The molecule has 2 rings (SSSR count). The zero-order valence-electron chi connectivity index (χ0n) is 12.2. The van der Waals surface area contributed by atoms with Crippen molar-refractivity contribution in [2.45, 2.75) is 20.0 Å². The van der Waals surface area contributed by atoms with Gasteiger partial charge in [0.25, 0.3) is 0 Å². The molecule has 2 aromatic carbocycles. The van der Waals surface area contributed by atoms with Crippen LogP contribution in [0.2, 0.25) is 5.02 Å². The van der Waals surface area contributed by atoms with E-state index in [0.29, 0.717) is 16.4 Å². The van der Waals surface area contributed by atoms with Gasteiger partial charge in [-0.2, -0.15) is 9.54 Å². The highest BCUT2D eigenvalue weighted by atomic mass is 35.5. The highest BCUT2D eigenvalue weighted by Gasteiger charge is 2.25. The molecule has 0 aromatic heterocycles. The SMILES string of the molecule is CC(C)OC(=O)N(c1cccc(Cl)c1)N(Cl)c1ccccc1. The number of carbonyl (C=O) groups is 1. The minimum Gasteiger partial charge on any atom is -0.445 e. The fraction of sp³-hybridized carbons (Fsp3) is 0.188. The number of halogens is 2. The van der Waals surface area contributed by atoms with Crippen molar-refractivity contribution in [2.24, 2.45) is 0 Å². The van der Waals surface area contributed by atoms with Gasteiger partial charge in [0.2, 0.25) is 0 Å². The summed E-state index contributed by atoms with van der Waals surface area (Å²) in [5.74, 6) is 0. The van der Waals surface area contributed by atoms with Crippen LogP contribution in [0.5, 0.6) is 0 Å². The summed E-state index contributed by atoms with van der Waals surface area (Å²) >= 11 is 12.4. The third-order valence-corrected chi connectivity index (χ3v) is 3.29. The first kappa shape index (κ1) is 16.5. The van der Waals surface area contributed by atoms with Crippen LogP contribution in [0.1, 0.15) is 13.8 Å². The number of hydrazine groups is 1. The Morgan fingerprint density at radius 3 is 2.27 bits per heavy atom. The molecule has 0 saturated carbocycles. The maximum absolute atomic E-state index is 12.4. The van der Waals surface area contributed by atoms with Gasteiger partial charge in [0.1, 0.15) is 0 Å². The molecule has 0 fully saturated rings. The van der Waals surface area contributed by atoms with Crippen LogP contribution in [0.3, 0.4) is 0 Å². The average molecular weight is 339 g/mol. The maximum atomic E-state index is 12.4. The molecule has 2 aromatic rings. The zero-order valence-corrected chi connectivity index (χ0v) is 13.8. The summed E-state index contributed by atoms with van der Waals surface area (Å²) in [6, 6.07) is 15.9. The smallest absolute Gasteiger partial charge is 0.435 e. The van der Waals surface area contributed by atoms with Crippen LogP contribution >= 0.6 is 23.4 Å². The predicted molar refractivity (Wildman–Crippen MR) is 90.3 cm³/mol. The van der Waals surface area contributed by atoms with E-state index in [4.69, 9.17) is 28.1 Å². The number of hydrogen-bond acceptors (Lipinski definition) is 3. The third kappa shape index (κ3) is 4.06. The van der Waals surface area contributed by atoms with Gasteiger partial charge >= 0.3 is 6.09 Å². The summed E-state index contributed by atoms with van der Waals surface area (Å²) in [4.78, 5) is 12.4. The normalized spacial score (nSPS) is 10.4. The van der Waals surface area contributed by atoms with Crippen LogP contribution < -0.4 is 9.54 Å². The summed E-state index contributed by atoms with van der Waals surface area (Å²) in [5.41, 5.74) is 1.14. The Hall–Kier alpha value is -1.91. The number of benzene rings is 2. The standard InChI is InChI=1S/C16H16Cl2N2O2/c1-12(2)22-16(21)19(15-10-6-7-13(17)11-15)20(18)14-8-4-3-5-9-14/h3-12H,1-2H3. The summed E-state index contributed by atoms with van der Waals surface area (Å²) in [5, 5.41) is 1.72. The number of carbonyl (C=O) groups excluding carboxylic acids is 1. The molecule has 6 heteroatoms. The Labute approximate surface area is 139 Å². The lowest BCUT2D eigenvalue weighted by molar-refractivity contribution is 0.123. The number of rotatable bonds is 4. The van der Waals surface area contributed by atoms with Crippen LogP contribution in [0, 0.1) is 0 Å². The highest BCUT2D eigenvalue weighted by Crippen LogP contribution is 2.27. The van der Waals surface area contributed by atoms with Crippen molar-refractivity contribution < 1.29 is 9.53 Å². The molecule has 22 heavy (non-hydrogen) atoms. The van der Waals surface area contributed by atoms with Gasteiger partial charge in [-0.05, 0) is 44.2 Å². The number of anilines is 2. The van der Waals surface area contributed by atoms with E-state index in [0.717, 1.165) is 0 Å². The van der Waals surface area contributed by atoms with Crippen LogP contribution in [0.25, 0.3) is 0 Å². The maximum Gasteiger partial charge on any atom is 0.435 e. The molecule has 1 amide bonds. The van der Waals surface area contributed by atoms with Crippen molar-refractivity contribution in [3.63, 3.8) is 0 Å². The summed E-state index contributed by atoms with van der Waals surface area (Å²) in [6.45, 7) is 3.55. The van der Waals surface area contributed by atoms with E-state index in [1.165, 1.54) is 9.54 Å². The van der Waals surface area contributed by atoms with Crippen LogP contribution in [-0.2, 0) is 4.74 Å². The van der Waals surface area contributed by atoms with Crippen molar-refractivity contribution in [1.82, 2.24) is 0 Å². The molecule has 0 atom stereocenters. The minimum absolute atomic E-state index is 0.268. The molecule has 116 valence electrons. The van der Waals surface area contributed by atoms with E-state index in [2.05, 4.69) is 0 Å². The van der Waals surface area contributed by atoms with E-state index in [9.17, 15) is 4.79 Å². The van der Waals surface area contributed by atoms with Gasteiger partial charge in [0, 0.05) is 16.8 Å². The zero-order chi connectivity index (χ0) is 16.1. The van der Waals surface area contributed by atoms with Crippen LogP contribution in [0.15, 0.2) is 54.6 Å². The average Bonchev–Trinajstić information content (AvgIpc) is 2.47. The molecule has 0 aliphatic carbocycles. The van der Waals surface area contributed by atoms with Crippen molar-refractivity contribution in [2.75, 3.05) is 9.54 Å². The highest BCUT2D eigenvalue weighted by molar-refractivity contribution is 6.31. The molecule has 4 nitrogen and oxygen atoms in total. The number of ether oxygens (including phenoxy) is 1. The largest absolute Gasteiger partial charge is 0.445 e. The van der Waals surface area contributed by atoms with Crippen molar-refractivity contribution in [1.29, 1.82) is 0 Å². The fourth-order valence-electron chi connectivity index (χ4n) is 1.80. The Bertz CT molecular complexity index is 635. The van der Waals surface area contributed by atoms with Gasteiger partial charge in [-0.25, -0.2) is 4.79 Å². The minimum atomic E-state index is -0.587. The molecule has 0 bridgehead atoms. The van der Waals surface area contributed by atoms with Crippen molar-refractivity contribution in [3.8, 4) is 0 Å². The second kappa shape index (κ2) is 7.38. The summed E-state index contributed by atoms with van der Waals surface area (Å²) in [7, 11) is 0. The molecule has 0 heterocycles. The number of amides is 1. The van der Waals surface area contributed by atoms with Gasteiger partial charge in [-0.15, -0.1) is 0 Å². The van der Waals surface area contributed by atoms with E-state index >= 15 is 0 Å². The number of nitrogens with zero attached hydrogens (tertiary/aromatic N) is 2.